The smallest absolute Gasteiger partial charge is 0.492 e. The van der Waals surface area contributed by atoms with Crippen molar-refractivity contribution in [1.82, 2.24) is 32.6 Å². The lowest BCUT2D eigenvalue weighted by Crippen LogP contribution is -2.80. The average molecular weight is 1870 g/mol. The largest absolute Gasteiger partial charge is 0.507 e. The number of hydrazone groups is 7. The zero-order valence-electron chi connectivity index (χ0n) is 75.1. The topological polar surface area (TPSA) is 666 Å². The molecule has 41 nitrogen and oxygen atoms in total. The van der Waals surface area contributed by atoms with Crippen molar-refractivity contribution >= 4 is 203 Å². The van der Waals surface area contributed by atoms with E-state index in [4.69, 9.17) is 50.6 Å². The first kappa shape index (κ1) is 113. The second-order valence-corrected chi connectivity index (χ2v) is 28.9. The van der Waals surface area contributed by atoms with Gasteiger partial charge in [0.15, 0.2) is 46.6 Å². The van der Waals surface area contributed by atoms with E-state index in [1.165, 1.54) is 24.9 Å². The number of rotatable bonds is 32. The lowest BCUT2D eigenvalue weighted by Gasteiger charge is -2.21. The van der Waals surface area contributed by atoms with E-state index in [2.05, 4.69) is 258 Å². The van der Waals surface area contributed by atoms with Gasteiger partial charge in [-0.15, -0.1) is 98.9 Å². The zero-order valence-corrected chi connectivity index (χ0v) is 76.7. The van der Waals surface area contributed by atoms with Gasteiger partial charge in [-0.3, -0.25) is 4.79 Å². The van der Waals surface area contributed by atoms with Crippen molar-refractivity contribution in [3.8, 4) is 23.0 Å². The number of nitrogens with one attached hydrogen (secondary N) is 13. The minimum absolute atomic E-state index is 0.0227. The monoisotopic (exact) mass is 1870 g/mol. The molecule has 7 aromatic rings. The molecular weight excluding hydrogens is 1750 g/mol. The van der Waals surface area contributed by atoms with Crippen molar-refractivity contribution in [3.05, 3.63) is 260 Å². The standard InChI is InChI=1S/C15H21N5O.C14H20BN5O3.C13H15N5.C13H18N4O2.C12H15N5O.C11H12BrN5.C11H13N5/c1-6-10-7-12(15(2,3)4)8-11(13(10)21)9-18-20-14(16)19-17-5;1-4-6-23-13-11(9-18-20-14(16)19-17-3)7-10(5-2)8-12(13)15(21)22;1-4-10-6-11(5-2)8-12(7-10)9-16-18-13(14)17-15-3;1-13(2,3)10-4-8(6-16-17-12(14)15)11(19)9(5-10)7-18;1-4-9-5-8(2)6-10(11(9)18)7-15-17-12(13)16-14-3;1-3-8-4-9(6-10(12)5-8)7-15-17-11(13)16-14-2;1-3-9-5-4-6-10(7-9)8-14-16-11(12)15-13-2/h6-9,21H,1,5H2,2-4H3,(H3,16,19,20);5,7-9,21-22H,2-4,6H2,1H3,(H3,16,19,20);4-9H,1-3H2,(H3,14,17,18);4-7,19H,1-3H3,(H4,14,15,17);4-7,18H,1,3H2,2H3,(H3,13,16,17);3-7H,1-2H2,(H3,13,16,17);3-8H,1-2H2,(H3,12,15,16)/p+7. The van der Waals surface area contributed by atoms with Crippen LogP contribution in [0.3, 0.4) is 0 Å². The lowest BCUT2D eigenvalue weighted by molar-refractivity contribution is -0.496. The van der Waals surface area contributed by atoms with Gasteiger partial charge in [-0.1, -0.05) is 177 Å². The molecule has 0 saturated heterocycles. The van der Waals surface area contributed by atoms with Gasteiger partial charge in [0.2, 0.25) is 6.21 Å². The van der Waals surface area contributed by atoms with E-state index in [9.17, 15) is 30.2 Å². The van der Waals surface area contributed by atoms with E-state index < -0.39 is 7.12 Å². The van der Waals surface area contributed by atoms with E-state index in [1.807, 2.05) is 113 Å². The molecule has 7 aromatic carbocycles. The van der Waals surface area contributed by atoms with Gasteiger partial charge in [0.25, 0.3) is 41.7 Å². The van der Waals surface area contributed by atoms with Gasteiger partial charge in [-0.25, -0.2) is 0 Å². The number of guanidine groups is 7. The van der Waals surface area contributed by atoms with Crippen LogP contribution in [-0.2, 0) is 10.8 Å². The fourth-order valence-electron chi connectivity index (χ4n) is 9.65. The first-order valence-electron chi connectivity index (χ1n) is 39.0. The van der Waals surface area contributed by atoms with Crippen molar-refractivity contribution in [2.75, 3.05) is 6.61 Å². The molecule has 0 aliphatic rings. The Morgan fingerprint density at radius 1 is 0.417 bits per heavy atom. The molecule has 0 saturated carbocycles. The highest BCUT2D eigenvalue weighted by molar-refractivity contribution is 9.10. The number of aldehydes is 1. The van der Waals surface area contributed by atoms with Crippen LogP contribution in [0.25, 0.3) is 42.5 Å². The second kappa shape index (κ2) is 61.9. The number of carbonyl (C=O) groups excluding carboxylic acids is 1. The van der Waals surface area contributed by atoms with Crippen molar-refractivity contribution in [2.45, 2.75) is 72.6 Å². The number of benzene rings is 7. The van der Waals surface area contributed by atoms with Gasteiger partial charge >= 0.3 is 7.12 Å². The van der Waals surface area contributed by atoms with Crippen molar-refractivity contribution < 1.29 is 70.6 Å². The maximum atomic E-state index is 11.0. The Labute approximate surface area is 776 Å². The predicted molar refractivity (Wildman–Crippen MR) is 546 cm³/mol. The van der Waals surface area contributed by atoms with E-state index in [1.54, 1.807) is 91.5 Å². The quantitative estimate of drug-likeness (QED) is 0.00623. The lowest BCUT2D eigenvalue weighted by atomic mass is 9.77. The summed E-state index contributed by atoms with van der Waals surface area (Å²) >= 11 is 3.40. The van der Waals surface area contributed by atoms with E-state index in [0.29, 0.717) is 57.6 Å². The molecule has 132 heavy (non-hydrogen) atoms. The summed E-state index contributed by atoms with van der Waals surface area (Å²) in [5.41, 5.74) is 71.9. The molecule has 0 spiro atoms. The molecule has 0 radical (unpaired) electrons. The number of hydrogen-bond acceptors (Lipinski definition) is 20. The summed E-state index contributed by atoms with van der Waals surface area (Å²) in [6.07, 6.45) is 23.7. The number of carbonyl (C=O) groups is 1. The summed E-state index contributed by atoms with van der Waals surface area (Å²) in [5.74, 6) is 0.873. The summed E-state index contributed by atoms with van der Waals surface area (Å²) in [7, 11) is -1.68. The molecule has 0 fully saturated rings. The number of ether oxygens (including phenoxy) is 1. The normalized spacial score (nSPS) is 11.6. The summed E-state index contributed by atoms with van der Waals surface area (Å²) in [6.45, 7) is 62.5. The SMILES string of the molecule is C=Cc1cc(Br)cc(C=NN=C(N)N[NH+]=C)c1.C=Cc1cc(C(C)(C)C)cc(C=NN=C(N)N[NH+]=C)c1O.C=Cc1cc(C)cc(C=NN=C(N)N[NH+]=C)c1O.C=Cc1cc(C=C)cc(C=NN=C(N)N[NH+]=C)c1.C=Cc1cc(C=NN=C(N)N[NH+]=C)c(OCCC)c(B(O)O)c1.C=Cc1cccc(C=NN=C(N)N[NH+]=C)c1.CC(C)(C)c1cc(C=O)c(O)c(C=[NH+]N=C(N)N)c1. The van der Waals surface area contributed by atoms with Crippen LogP contribution in [0.2, 0.25) is 0 Å². The van der Waals surface area contributed by atoms with Gasteiger partial charge in [0.05, 0.1) is 55.0 Å². The van der Waals surface area contributed by atoms with Gasteiger partial charge in [0, 0.05) is 42.9 Å². The van der Waals surface area contributed by atoms with E-state index in [-0.39, 0.29) is 80.8 Å². The van der Waals surface area contributed by atoms with Gasteiger partial charge in [-0.05, 0) is 170 Å². The Balaban J connectivity index is 0.000000772. The van der Waals surface area contributed by atoms with Crippen LogP contribution in [0.1, 0.15) is 160 Å². The van der Waals surface area contributed by atoms with E-state index in [0.717, 1.165) is 66.5 Å². The van der Waals surface area contributed by atoms with Crippen LogP contribution in [0.4, 0.5) is 0 Å². The zero-order chi connectivity index (χ0) is 99.3. The maximum absolute atomic E-state index is 11.0. The van der Waals surface area contributed by atoms with Gasteiger partial charge in [-0.2, -0.15) is 30.6 Å². The molecule has 0 aromatic heterocycles. The van der Waals surface area contributed by atoms with Crippen LogP contribution in [0.5, 0.6) is 23.0 Å². The van der Waals surface area contributed by atoms with Gasteiger partial charge < -0.3 is 76.0 Å². The second-order valence-electron chi connectivity index (χ2n) is 28.0. The van der Waals surface area contributed by atoms with Crippen LogP contribution in [0, 0.1) is 6.92 Å². The number of hydrogen-bond donors (Lipinski definition) is 26. The molecule has 0 atom stereocenters. The van der Waals surface area contributed by atoms with E-state index >= 15 is 0 Å². The molecule has 0 bridgehead atoms. The fraction of sp³-hybridized carbons (Fsp3) is 0.135. The number of aromatic hydroxyl groups is 3. The molecular formula is C89H121BBrN34O7+7. The van der Waals surface area contributed by atoms with Crippen molar-refractivity contribution in [1.29, 1.82) is 0 Å². The van der Waals surface area contributed by atoms with Crippen LogP contribution in [0.15, 0.2) is 226 Å². The minimum Gasteiger partial charge on any atom is -0.507 e. The first-order chi connectivity index (χ1) is 62.7. The third kappa shape index (κ3) is 45.0. The Morgan fingerprint density at radius 3 is 1.12 bits per heavy atom. The molecule has 43 heteroatoms. The van der Waals surface area contributed by atoms with Crippen molar-refractivity contribution in [3.63, 3.8) is 0 Å². The predicted octanol–water partition coefficient (Wildman–Crippen LogP) is -4.33. The Morgan fingerprint density at radius 2 is 0.735 bits per heavy atom. The van der Waals surface area contributed by atoms with Crippen LogP contribution in [-0.4, -0.2) is 171 Å². The molecule has 0 aliphatic carbocycles. The Bertz CT molecular complexity index is 5580. The molecule has 0 heterocycles. The number of nitrogens with zero attached hydrogens (tertiary/aromatic N) is 13. The number of nitrogens with two attached hydrogens (primary N) is 8. The van der Waals surface area contributed by atoms with Crippen LogP contribution < -0.4 is 124 Å². The van der Waals surface area contributed by atoms with Crippen LogP contribution >= 0.6 is 15.9 Å². The molecule has 0 amide bonds. The Kier molecular flexibility index (Phi) is 52.8. The molecule has 0 aliphatic heterocycles. The summed E-state index contributed by atoms with van der Waals surface area (Å²) < 4.78 is 6.57. The Hall–Kier alpha value is -17.3. The summed E-state index contributed by atoms with van der Waals surface area (Å²) in [6, 6.07) is 33.5. The number of phenols is 3. The molecule has 34 N–H and O–H groups in total. The third-order valence-corrected chi connectivity index (χ3v) is 16.3. The highest BCUT2D eigenvalue weighted by Crippen LogP contribution is 2.32. The summed E-state index contributed by atoms with van der Waals surface area (Å²) in [4.78, 5) is 11.0. The minimum atomic E-state index is -1.68. The average Bonchev–Trinajstić information content (AvgIpc) is 0.799. The fourth-order valence-corrected chi connectivity index (χ4v) is 10.2. The molecule has 0 unspecified atom stereocenters. The number of halogens is 1. The molecule has 692 valence electrons. The highest BCUT2D eigenvalue weighted by Gasteiger charge is 2.23. The molecule has 7 rings (SSSR count). The van der Waals surface area contributed by atoms with Crippen molar-refractivity contribution in [2.24, 2.45) is 112 Å². The number of phenolic OH excluding ortho intramolecular Hbond substituents is 3. The maximum Gasteiger partial charge on any atom is 0.492 e. The number of hydrazine groups is 6. The highest BCUT2D eigenvalue weighted by atomic mass is 79.9. The number of aryl methyl sites for hydroxylation is 1. The van der Waals surface area contributed by atoms with Gasteiger partial charge in [0.1, 0.15) is 23.0 Å². The first-order valence-corrected chi connectivity index (χ1v) is 39.7. The third-order valence-electron chi connectivity index (χ3n) is 15.8. The summed E-state index contributed by atoms with van der Waals surface area (Å²) in [5, 5.41) is 115.